The normalized spacial score (nSPS) is 11.1. The molecule has 0 aliphatic carbocycles. The van der Waals surface area contributed by atoms with Crippen molar-refractivity contribution in [3.05, 3.63) is 71.3 Å². The quantitative estimate of drug-likeness (QED) is 0.471. The van der Waals surface area contributed by atoms with Crippen LogP contribution in [-0.4, -0.2) is 33.2 Å². The van der Waals surface area contributed by atoms with Crippen LogP contribution in [0, 0.1) is 0 Å². The number of aromatic carboxylic acids is 3. The lowest BCUT2D eigenvalue weighted by Crippen LogP contribution is -2.08. The van der Waals surface area contributed by atoms with E-state index in [2.05, 4.69) is 0 Å². The molecule has 0 spiro atoms. The Kier molecular flexibility index (Phi) is 3.56. The van der Waals surface area contributed by atoms with E-state index in [1.54, 1.807) is 6.07 Å². The SMILES string of the molecule is O=C(O)c1ccc2c3ccccc3c3cc(C(=O)O)c(C(=O)O)cc3c2c1. The van der Waals surface area contributed by atoms with Crippen LogP contribution in [0.4, 0.5) is 0 Å². The van der Waals surface area contributed by atoms with Gasteiger partial charge in [0.05, 0.1) is 16.7 Å². The van der Waals surface area contributed by atoms with Gasteiger partial charge in [0.1, 0.15) is 0 Å². The van der Waals surface area contributed by atoms with Gasteiger partial charge in [0.25, 0.3) is 0 Å². The first-order chi connectivity index (χ1) is 12.9. The first kappa shape index (κ1) is 16.5. The second kappa shape index (κ2) is 5.81. The number of benzene rings is 4. The standard InChI is InChI=1S/C21H12O6/c22-19(23)10-5-6-13-11-3-1-2-4-12(11)15-8-17(20(24)25)18(21(26)27)9-16(15)14(13)7-10/h1-9H,(H,22,23)(H,24,25)(H,26,27). The maximum absolute atomic E-state index is 11.6. The van der Waals surface area contributed by atoms with E-state index in [0.29, 0.717) is 16.2 Å². The molecule has 0 radical (unpaired) electrons. The molecule has 0 fully saturated rings. The highest BCUT2D eigenvalue weighted by Gasteiger charge is 2.20. The van der Waals surface area contributed by atoms with Gasteiger partial charge < -0.3 is 15.3 Å². The molecule has 6 nitrogen and oxygen atoms in total. The van der Waals surface area contributed by atoms with Crippen molar-refractivity contribution in [3.8, 4) is 0 Å². The highest BCUT2D eigenvalue weighted by molar-refractivity contribution is 6.27. The zero-order valence-corrected chi connectivity index (χ0v) is 13.8. The molecule has 0 aromatic heterocycles. The molecule has 4 rings (SSSR count). The molecule has 3 N–H and O–H groups in total. The van der Waals surface area contributed by atoms with E-state index in [-0.39, 0.29) is 16.7 Å². The third-order valence-corrected chi connectivity index (χ3v) is 4.68. The van der Waals surface area contributed by atoms with Gasteiger partial charge in [0, 0.05) is 0 Å². The first-order valence-electron chi connectivity index (χ1n) is 8.00. The van der Waals surface area contributed by atoms with Crippen molar-refractivity contribution in [1.29, 1.82) is 0 Å². The summed E-state index contributed by atoms with van der Waals surface area (Å²) >= 11 is 0. The molecular weight excluding hydrogens is 348 g/mol. The van der Waals surface area contributed by atoms with Crippen LogP contribution < -0.4 is 0 Å². The van der Waals surface area contributed by atoms with Gasteiger partial charge in [-0.25, -0.2) is 14.4 Å². The summed E-state index contributed by atoms with van der Waals surface area (Å²) in [6.07, 6.45) is 0. The van der Waals surface area contributed by atoms with Crippen molar-refractivity contribution in [1.82, 2.24) is 0 Å². The van der Waals surface area contributed by atoms with Crippen LogP contribution in [0.1, 0.15) is 31.1 Å². The summed E-state index contributed by atoms with van der Waals surface area (Å²) in [5.74, 6) is -3.79. The average Bonchev–Trinajstić information content (AvgIpc) is 2.66. The Morgan fingerprint density at radius 3 is 1.48 bits per heavy atom. The molecule has 27 heavy (non-hydrogen) atoms. The number of rotatable bonds is 3. The van der Waals surface area contributed by atoms with Crippen molar-refractivity contribution >= 4 is 50.2 Å². The molecule has 0 aliphatic rings. The summed E-state index contributed by atoms with van der Waals surface area (Å²) in [5, 5.41) is 32.2. The highest BCUT2D eigenvalue weighted by Crippen LogP contribution is 2.37. The Labute approximate surface area is 151 Å². The second-order valence-corrected chi connectivity index (χ2v) is 6.16. The van der Waals surface area contributed by atoms with Crippen LogP contribution in [0.15, 0.2) is 54.6 Å². The fourth-order valence-corrected chi connectivity index (χ4v) is 3.49. The van der Waals surface area contributed by atoms with Crippen LogP contribution in [0.5, 0.6) is 0 Å². The molecule has 132 valence electrons. The van der Waals surface area contributed by atoms with Crippen LogP contribution in [-0.2, 0) is 0 Å². The van der Waals surface area contributed by atoms with Crippen LogP contribution in [0.3, 0.4) is 0 Å². The summed E-state index contributed by atoms with van der Waals surface area (Å²) in [7, 11) is 0. The molecule has 0 saturated heterocycles. The van der Waals surface area contributed by atoms with Gasteiger partial charge in [0.2, 0.25) is 0 Å². The Bertz CT molecular complexity index is 1280. The molecule has 0 amide bonds. The van der Waals surface area contributed by atoms with E-state index < -0.39 is 17.9 Å². The largest absolute Gasteiger partial charge is 0.478 e. The van der Waals surface area contributed by atoms with Crippen LogP contribution in [0.2, 0.25) is 0 Å². The summed E-state index contributed by atoms with van der Waals surface area (Å²) < 4.78 is 0. The van der Waals surface area contributed by atoms with Gasteiger partial charge in [-0.1, -0.05) is 30.3 Å². The fraction of sp³-hybridized carbons (Fsp3) is 0. The van der Waals surface area contributed by atoms with Gasteiger partial charge >= 0.3 is 17.9 Å². The van der Waals surface area contributed by atoms with Crippen molar-refractivity contribution < 1.29 is 29.7 Å². The Balaban J connectivity index is 2.31. The smallest absolute Gasteiger partial charge is 0.336 e. The average molecular weight is 360 g/mol. The molecule has 0 bridgehead atoms. The molecule has 0 aliphatic heterocycles. The first-order valence-corrected chi connectivity index (χ1v) is 8.00. The summed E-state index contributed by atoms with van der Waals surface area (Å²) in [6, 6.07) is 14.7. The van der Waals surface area contributed by atoms with Crippen LogP contribution in [0.25, 0.3) is 32.3 Å². The van der Waals surface area contributed by atoms with Gasteiger partial charge in [0.15, 0.2) is 0 Å². The van der Waals surface area contributed by atoms with E-state index in [9.17, 15) is 29.7 Å². The molecular formula is C21H12O6. The summed E-state index contributed by atoms with van der Waals surface area (Å²) in [5.41, 5.74) is -0.584. The Morgan fingerprint density at radius 1 is 0.519 bits per heavy atom. The predicted molar refractivity (Wildman–Crippen MR) is 99.8 cm³/mol. The Morgan fingerprint density at radius 2 is 0.963 bits per heavy atom. The van der Waals surface area contributed by atoms with Crippen molar-refractivity contribution in [2.45, 2.75) is 0 Å². The molecule has 0 unspecified atom stereocenters. The summed E-state index contributed by atoms with van der Waals surface area (Å²) in [6.45, 7) is 0. The minimum absolute atomic E-state index is 0.0678. The van der Waals surface area contributed by atoms with E-state index in [1.807, 2.05) is 24.3 Å². The topological polar surface area (TPSA) is 112 Å². The minimum atomic E-state index is -1.36. The van der Waals surface area contributed by atoms with E-state index >= 15 is 0 Å². The van der Waals surface area contributed by atoms with Gasteiger partial charge in [-0.2, -0.15) is 0 Å². The molecule has 0 heterocycles. The molecule has 6 heteroatoms. The number of fused-ring (bicyclic) bond motifs is 6. The van der Waals surface area contributed by atoms with Gasteiger partial charge in [-0.3, -0.25) is 0 Å². The van der Waals surface area contributed by atoms with E-state index in [1.165, 1.54) is 24.3 Å². The zero-order valence-electron chi connectivity index (χ0n) is 13.8. The maximum Gasteiger partial charge on any atom is 0.336 e. The number of carboxylic acids is 3. The lowest BCUT2D eigenvalue weighted by molar-refractivity contribution is 0.0652. The number of carbonyl (C=O) groups is 3. The maximum atomic E-state index is 11.6. The molecule has 4 aromatic carbocycles. The van der Waals surface area contributed by atoms with Crippen molar-refractivity contribution in [3.63, 3.8) is 0 Å². The minimum Gasteiger partial charge on any atom is -0.478 e. The zero-order chi connectivity index (χ0) is 19.3. The highest BCUT2D eigenvalue weighted by atomic mass is 16.4. The predicted octanol–water partition coefficient (Wildman–Crippen LogP) is 4.24. The Hall–Kier alpha value is -3.93. The number of hydrogen-bond donors (Lipinski definition) is 3. The summed E-state index contributed by atoms with van der Waals surface area (Å²) in [4.78, 5) is 34.6. The van der Waals surface area contributed by atoms with Gasteiger partial charge in [-0.15, -0.1) is 0 Å². The van der Waals surface area contributed by atoms with E-state index in [4.69, 9.17) is 0 Å². The fourth-order valence-electron chi connectivity index (χ4n) is 3.49. The lowest BCUT2D eigenvalue weighted by atomic mass is 9.90. The molecule has 4 aromatic rings. The third kappa shape index (κ3) is 2.46. The second-order valence-electron chi connectivity index (χ2n) is 6.16. The van der Waals surface area contributed by atoms with Crippen LogP contribution >= 0.6 is 0 Å². The lowest BCUT2D eigenvalue weighted by Gasteiger charge is -2.13. The van der Waals surface area contributed by atoms with Gasteiger partial charge in [-0.05, 0) is 56.6 Å². The third-order valence-electron chi connectivity index (χ3n) is 4.68. The molecule has 0 atom stereocenters. The number of carboxylic acid groups (broad SMARTS) is 3. The molecule has 0 saturated carbocycles. The van der Waals surface area contributed by atoms with E-state index in [0.717, 1.165) is 16.2 Å². The number of hydrogen-bond acceptors (Lipinski definition) is 3. The van der Waals surface area contributed by atoms with Crippen molar-refractivity contribution in [2.75, 3.05) is 0 Å². The van der Waals surface area contributed by atoms with Crippen molar-refractivity contribution in [2.24, 2.45) is 0 Å². The monoisotopic (exact) mass is 360 g/mol.